The molecule has 2 aliphatic rings. The summed E-state index contributed by atoms with van der Waals surface area (Å²) in [6.07, 6.45) is 7.03. The molecule has 16 heteroatoms. The topological polar surface area (TPSA) is 154 Å². The smallest absolute Gasteiger partial charge is 0.331 e. The first-order valence-electron chi connectivity index (χ1n) is 23.2. The van der Waals surface area contributed by atoms with E-state index in [2.05, 4.69) is 31.3 Å². The fourth-order valence-corrected chi connectivity index (χ4v) is 9.14. The van der Waals surface area contributed by atoms with Gasteiger partial charge in [0, 0.05) is 55.4 Å². The van der Waals surface area contributed by atoms with Gasteiger partial charge < -0.3 is 66.6 Å². The summed E-state index contributed by atoms with van der Waals surface area (Å²) in [5.74, 6) is 5.55. The van der Waals surface area contributed by atoms with Gasteiger partial charge in [0.1, 0.15) is 12.1 Å². The molecule has 0 saturated heterocycles. The molecule has 0 aromatic heterocycles. The number of nitrogens with one attached hydrogen (secondary N) is 2. The average molecular weight is 961 g/mol. The van der Waals surface area contributed by atoms with E-state index < -0.39 is 11.9 Å². The van der Waals surface area contributed by atoms with Crippen LogP contribution in [0, 0.1) is 0 Å². The second-order valence-corrected chi connectivity index (χ2v) is 16.7. The van der Waals surface area contributed by atoms with Crippen molar-refractivity contribution in [2.75, 3.05) is 111 Å². The number of carbonyl (C=O) groups excluding carboxylic acids is 2. The number of likely N-dealkylation sites (N-methyl/N-ethyl adjacent to an activating group) is 1. The summed E-state index contributed by atoms with van der Waals surface area (Å²) in [4.78, 5) is 26.5. The summed E-state index contributed by atoms with van der Waals surface area (Å²) in [5, 5.41) is 0. The highest BCUT2D eigenvalue weighted by Crippen LogP contribution is 2.42. The molecule has 0 radical (unpaired) electrons. The molecule has 2 aliphatic heterocycles. The van der Waals surface area contributed by atoms with Gasteiger partial charge in [0.25, 0.3) is 0 Å². The third-order valence-corrected chi connectivity index (χ3v) is 12.7. The number of carbonyl (C=O) groups is 2. The lowest BCUT2D eigenvalue weighted by atomic mass is 9.88. The van der Waals surface area contributed by atoms with Gasteiger partial charge in [-0.25, -0.2) is 9.59 Å². The first-order valence-corrected chi connectivity index (χ1v) is 23.2. The normalized spacial score (nSPS) is 16.9. The summed E-state index contributed by atoms with van der Waals surface area (Å²) in [6.45, 7) is 5.20. The maximum atomic E-state index is 12.1. The summed E-state index contributed by atoms with van der Waals surface area (Å²) in [5.41, 5.74) is 7.20. The Morgan fingerprint density at radius 1 is 0.507 bits per heavy atom. The van der Waals surface area contributed by atoms with Crippen molar-refractivity contribution in [2.45, 2.75) is 57.5 Å². The van der Waals surface area contributed by atoms with Gasteiger partial charge >= 0.3 is 11.9 Å². The minimum atomic E-state index is -0.566. The lowest BCUT2D eigenvalue weighted by Crippen LogP contribution is -3.13. The molecule has 0 aliphatic carbocycles. The molecule has 0 saturated carbocycles. The Kier molecular flexibility index (Phi) is 20.4. The molecule has 4 atom stereocenters. The van der Waals surface area contributed by atoms with Crippen LogP contribution in [-0.4, -0.2) is 123 Å². The minimum Gasteiger partial charge on any atom is -0.493 e. The molecule has 4 aromatic rings. The molecule has 2 heterocycles. The van der Waals surface area contributed by atoms with Crippen molar-refractivity contribution in [2.24, 2.45) is 0 Å². The molecule has 376 valence electrons. The van der Waals surface area contributed by atoms with Crippen molar-refractivity contribution in [3.8, 4) is 57.5 Å². The summed E-state index contributed by atoms with van der Waals surface area (Å²) >= 11 is 0. The van der Waals surface area contributed by atoms with Gasteiger partial charge in [0.05, 0.1) is 111 Å². The molecule has 0 amide bonds. The van der Waals surface area contributed by atoms with Crippen LogP contribution < -0.4 is 57.2 Å². The second-order valence-electron chi connectivity index (χ2n) is 16.7. The van der Waals surface area contributed by atoms with Crippen LogP contribution in [0.3, 0.4) is 0 Å². The highest BCUT2D eigenvalue weighted by atomic mass is 16.6. The number of esters is 2. The summed E-state index contributed by atoms with van der Waals surface area (Å²) in [7, 11) is 18.6. The minimum absolute atomic E-state index is 0.0882. The lowest BCUT2D eigenvalue weighted by Gasteiger charge is -2.35. The SMILES string of the molecule is CCCOC(=O)/C=C/C(=O)OCCC[NH+]1CCc2cc(OC)c(OC)cc2[C@H]1Cc1cc(OC)c(OC)c(OC)c1.COc1cc2c(cc1OC)[C@@H](Cc1cc(OC)c(OC)c(OC)c1)[NH+](C)CC2. The quantitative estimate of drug-likeness (QED) is 0.0619. The highest BCUT2D eigenvalue weighted by molar-refractivity contribution is 5.91. The molecule has 0 bridgehead atoms. The van der Waals surface area contributed by atoms with Crippen LogP contribution in [0.1, 0.15) is 65.2 Å². The Labute approximate surface area is 407 Å². The Bertz CT molecular complexity index is 2320. The van der Waals surface area contributed by atoms with E-state index in [1.807, 2.05) is 31.2 Å². The van der Waals surface area contributed by atoms with E-state index in [-0.39, 0.29) is 12.6 Å². The van der Waals surface area contributed by atoms with Crippen LogP contribution in [0.5, 0.6) is 57.5 Å². The number of rotatable bonds is 22. The molecule has 6 rings (SSSR count). The van der Waals surface area contributed by atoms with Crippen LogP contribution in [0.15, 0.2) is 60.7 Å². The molecule has 0 spiro atoms. The first kappa shape index (κ1) is 53.4. The van der Waals surface area contributed by atoms with E-state index in [1.165, 1.54) is 32.1 Å². The number of hydrogen-bond donors (Lipinski definition) is 2. The molecule has 69 heavy (non-hydrogen) atoms. The molecule has 4 aromatic carbocycles. The van der Waals surface area contributed by atoms with E-state index >= 15 is 0 Å². The Balaban J connectivity index is 0.000000276. The van der Waals surface area contributed by atoms with Crippen molar-refractivity contribution < 1.29 is 76.2 Å². The number of methoxy groups -OCH3 is 10. The van der Waals surface area contributed by atoms with Gasteiger partial charge in [0.15, 0.2) is 46.0 Å². The Morgan fingerprint density at radius 3 is 1.32 bits per heavy atom. The third kappa shape index (κ3) is 13.4. The zero-order valence-corrected chi connectivity index (χ0v) is 42.4. The molecule has 16 nitrogen and oxygen atoms in total. The van der Waals surface area contributed by atoms with Gasteiger partial charge in [0.2, 0.25) is 11.5 Å². The maximum Gasteiger partial charge on any atom is 0.331 e. The Hall–Kier alpha value is -6.52. The van der Waals surface area contributed by atoms with Gasteiger partial charge in [-0.2, -0.15) is 0 Å². The van der Waals surface area contributed by atoms with Gasteiger partial charge in [-0.05, 0) is 77.2 Å². The fraction of sp³-hybridized carbons (Fsp3) is 0.472. The van der Waals surface area contributed by atoms with E-state index in [9.17, 15) is 9.59 Å². The van der Waals surface area contributed by atoms with Crippen molar-refractivity contribution in [3.05, 3.63) is 94.1 Å². The first-order chi connectivity index (χ1) is 33.4. The van der Waals surface area contributed by atoms with Crippen molar-refractivity contribution in [1.29, 1.82) is 0 Å². The lowest BCUT2D eigenvalue weighted by molar-refractivity contribution is -0.934. The van der Waals surface area contributed by atoms with E-state index in [0.29, 0.717) is 77.9 Å². The third-order valence-electron chi connectivity index (χ3n) is 12.7. The maximum absolute atomic E-state index is 12.1. The monoisotopic (exact) mass is 960 g/mol. The predicted octanol–water partition coefficient (Wildman–Crippen LogP) is 4.98. The highest BCUT2D eigenvalue weighted by Gasteiger charge is 2.34. The van der Waals surface area contributed by atoms with Crippen molar-refractivity contribution in [1.82, 2.24) is 0 Å². The number of ether oxygens (including phenoxy) is 12. The van der Waals surface area contributed by atoms with E-state index in [4.69, 9.17) is 56.8 Å². The van der Waals surface area contributed by atoms with Crippen molar-refractivity contribution >= 4 is 11.9 Å². The zero-order chi connectivity index (χ0) is 50.0. The number of benzene rings is 4. The zero-order valence-electron chi connectivity index (χ0n) is 42.4. The predicted molar refractivity (Wildman–Crippen MR) is 260 cm³/mol. The molecule has 0 fully saturated rings. The van der Waals surface area contributed by atoms with Crippen LogP contribution in [0.2, 0.25) is 0 Å². The van der Waals surface area contributed by atoms with Crippen LogP contribution >= 0.6 is 0 Å². The summed E-state index contributed by atoms with van der Waals surface area (Å²) < 4.78 is 65.7. The number of hydrogen-bond acceptors (Lipinski definition) is 14. The molecular weight excluding hydrogens is 889 g/mol. The Morgan fingerprint density at radius 2 is 0.899 bits per heavy atom. The second kappa shape index (κ2) is 26.3. The largest absolute Gasteiger partial charge is 0.493 e. The van der Waals surface area contributed by atoms with Crippen LogP contribution in [0.25, 0.3) is 0 Å². The number of fused-ring (bicyclic) bond motifs is 2. The molecule has 2 unspecified atom stereocenters. The standard InChI is InChI=1S/C31H41NO9.C22H29NO5/c1-7-14-40-29(33)9-10-30(34)41-15-8-12-32-13-11-22-19-25(35-2)26(36-3)20-23(22)24(32)16-21-17-27(37-4)31(39-6)28(18-21)38-5;1-23-8-7-15-12-18(24-2)19(25-3)13-16(15)17(23)9-14-10-20(26-4)22(28-6)21(11-14)27-5/h9-10,17-20,24H,7-8,11-16H2,1-6H3;10-13,17H,7-9H2,1-6H3/p+2/b10-9+;/t24-;17-/m11/s1. The molecular formula is C53H72N2O14+2. The fourth-order valence-electron chi connectivity index (χ4n) is 9.14. The average Bonchev–Trinajstić information content (AvgIpc) is 3.38. The molecule has 2 N–H and O–H groups in total. The van der Waals surface area contributed by atoms with E-state index in [1.54, 1.807) is 71.1 Å². The van der Waals surface area contributed by atoms with Gasteiger partial charge in [-0.15, -0.1) is 0 Å². The van der Waals surface area contributed by atoms with Crippen molar-refractivity contribution in [3.63, 3.8) is 0 Å². The van der Waals surface area contributed by atoms with E-state index in [0.717, 1.165) is 73.7 Å². The number of quaternary nitrogens is 2. The van der Waals surface area contributed by atoms with Gasteiger partial charge in [-0.1, -0.05) is 6.92 Å². The summed E-state index contributed by atoms with van der Waals surface area (Å²) in [6, 6.07) is 16.8. The van der Waals surface area contributed by atoms with Crippen LogP contribution in [-0.2, 0) is 44.7 Å². The van der Waals surface area contributed by atoms with Gasteiger partial charge in [-0.3, -0.25) is 0 Å². The van der Waals surface area contributed by atoms with Crippen LogP contribution in [0.4, 0.5) is 0 Å².